The molecule has 0 aromatic heterocycles. The lowest BCUT2D eigenvalue weighted by Gasteiger charge is -2.23. The Morgan fingerprint density at radius 1 is 1.35 bits per heavy atom. The van der Waals surface area contributed by atoms with Crippen molar-refractivity contribution >= 4 is 27.4 Å². The van der Waals surface area contributed by atoms with E-state index in [4.69, 9.17) is 21.4 Å². The molecule has 1 heterocycles. The Balaban J connectivity index is 2.53. The van der Waals surface area contributed by atoms with Crippen LogP contribution in [0.5, 0.6) is 0 Å². The van der Waals surface area contributed by atoms with E-state index in [1.54, 1.807) is 0 Å². The van der Waals surface area contributed by atoms with Crippen LogP contribution < -0.4 is 0 Å². The quantitative estimate of drug-likeness (QED) is 0.925. The molecule has 0 radical (unpaired) electrons. The summed E-state index contributed by atoms with van der Waals surface area (Å²) in [6, 6.07) is 2.59. The van der Waals surface area contributed by atoms with Crippen LogP contribution in [0.2, 0.25) is 5.02 Å². The second kappa shape index (κ2) is 5.71. The summed E-state index contributed by atoms with van der Waals surface area (Å²) >= 11 is 5.86. The lowest BCUT2D eigenvalue weighted by molar-refractivity contribution is 0.0695. The number of rotatable bonds is 3. The van der Waals surface area contributed by atoms with Crippen LogP contribution in [0, 0.1) is 6.92 Å². The van der Waals surface area contributed by atoms with Crippen LogP contribution in [0.4, 0.5) is 0 Å². The molecule has 1 aliphatic heterocycles. The monoisotopic (exact) mass is 318 g/mol. The van der Waals surface area contributed by atoms with Gasteiger partial charge in [0.2, 0.25) is 0 Å². The maximum Gasteiger partial charge on any atom is 0.336 e. The third kappa shape index (κ3) is 2.82. The largest absolute Gasteiger partial charge is 0.478 e. The predicted octanol–water partition coefficient (Wildman–Crippen LogP) is 2.30. The molecule has 1 fully saturated rings. The van der Waals surface area contributed by atoms with Crippen molar-refractivity contribution in [3.05, 3.63) is 28.3 Å². The number of carboxylic acids is 1. The number of carbonyl (C=O) groups is 1. The number of hydrogen-bond donors (Lipinski definition) is 1. The van der Waals surface area contributed by atoms with Gasteiger partial charge in [0, 0.05) is 18.2 Å². The first-order chi connectivity index (χ1) is 9.34. The van der Waals surface area contributed by atoms with Crippen molar-refractivity contribution in [1.29, 1.82) is 0 Å². The summed E-state index contributed by atoms with van der Waals surface area (Å²) in [7, 11) is -3.60. The van der Waals surface area contributed by atoms with E-state index in [9.17, 15) is 13.2 Å². The van der Waals surface area contributed by atoms with Crippen molar-refractivity contribution < 1.29 is 23.1 Å². The Hall–Kier alpha value is -1.11. The number of carboxylic acid groups (broad SMARTS) is 1. The van der Waals surface area contributed by atoms with E-state index < -0.39 is 21.1 Å². The highest BCUT2D eigenvalue weighted by Crippen LogP contribution is 2.30. The molecule has 5 nitrogen and oxygen atoms in total. The van der Waals surface area contributed by atoms with E-state index in [0.29, 0.717) is 26.1 Å². The lowest BCUT2D eigenvalue weighted by Crippen LogP contribution is -2.29. The summed E-state index contributed by atoms with van der Waals surface area (Å²) in [6.07, 6.45) is 0.827. The van der Waals surface area contributed by atoms with Crippen molar-refractivity contribution in [1.82, 2.24) is 0 Å². The lowest BCUT2D eigenvalue weighted by atomic mass is 10.1. The summed E-state index contributed by atoms with van der Waals surface area (Å²) in [5.41, 5.74) is 0.150. The minimum Gasteiger partial charge on any atom is -0.478 e. The minimum atomic E-state index is -3.60. The number of aromatic carboxylic acids is 1. The van der Waals surface area contributed by atoms with Crippen LogP contribution in [-0.4, -0.2) is 38.0 Å². The number of benzene rings is 1. The van der Waals surface area contributed by atoms with Crippen molar-refractivity contribution in [3.63, 3.8) is 0 Å². The maximum atomic E-state index is 12.6. The molecule has 0 atom stereocenters. The average Bonchev–Trinajstić information content (AvgIpc) is 2.41. The highest BCUT2D eigenvalue weighted by Gasteiger charge is 2.32. The summed E-state index contributed by atoms with van der Waals surface area (Å²) < 4.78 is 30.4. The van der Waals surface area contributed by atoms with Gasteiger partial charge in [-0.25, -0.2) is 13.2 Å². The normalized spacial score (nSPS) is 17.1. The van der Waals surface area contributed by atoms with Crippen LogP contribution in [0.3, 0.4) is 0 Å². The van der Waals surface area contributed by atoms with Gasteiger partial charge < -0.3 is 9.84 Å². The molecule has 110 valence electrons. The first-order valence-corrected chi connectivity index (χ1v) is 8.11. The van der Waals surface area contributed by atoms with Gasteiger partial charge in [-0.1, -0.05) is 11.6 Å². The van der Waals surface area contributed by atoms with E-state index in [-0.39, 0.29) is 21.0 Å². The molecule has 0 unspecified atom stereocenters. The summed E-state index contributed by atoms with van der Waals surface area (Å²) in [4.78, 5) is 11.2. The number of ether oxygens (including phenoxy) is 1. The second-order valence-corrected chi connectivity index (χ2v) is 7.37. The van der Waals surface area contributed by atoms with Gasteiger partial charge in [-0.05, 0) is 37.5 Å². The molecule has 7 heteroatoms. The fourth-order valence-corrected chi connectivity index (χ4v) is 4.62. The third-order valence-electron chi connectivity index (χ3n) is 3.47. The predicted molar refractivity (Wildman–Crippen MR) is 74.2 cm³/mol. The third-order valence-corrected chi connectivity index (χ3v) is 6.07. The standard InChI is InChI=1S/C13H15ClO5S/c1-8-11(13(15)16)6-9(14)7-12(8)20(17,18)10-2-4-19-5-3-10/h6-7,10H,2-5H2,1H3,(H,15,16). The Morgan fingerprint density at radius 3 is 2.50 bits per heavy atom. The zero-order valence-corrected chi connectivity index (χ0v) is 12.5. The summed E-state index contributed by atoms with van der Waals surface area (Å²) in [5, 5.41) is 8.68. The van der Waals surface area contributed by atoms with Crippen LogP contribution in [0.15, 0.2) is 17.0 Å². The summed E-state index contributed by atoms with van der Waals surface area (Å²) in [6.45, 7) is 2.29. The molecule has 2 rings (SSSR count). The number of halogens is 1. The molecule has 1 aromatic rings. The molecular formula is C13H15ClO5S. The molecule has 1 N–H and O–H groups in total. The first kappa shape index (κ1) is 15.3. The van der Waals surface area contributed by atoms with Gasteiger partial charge in [0.1, 0.15) is 0 Å². The Kier molecular flexibility index (Phi) is 4.36. The molecule has 1 saturated heterocycles. The Bertz CT molecular complexity index is 632. The molecule has 0 aliphatic carbocycles. The van der Waals surface area contributed by atoms with Gasteiger partial charge in [-0.2, -0.15) is 0 Å². The van der Waals surface area contributed by atoms with Crippen LogP contribution in [0.25, 0.3) is 0 Å². The second-order valence-electron chi connectivity index (χ2n) is 4.74. The van der Waals surface area contributed by atoms with Crippen molar-refractivity contribution in [2.45, 2.75) is 29.9 Å². The smallest absolute Gasteiger partial charge is 0.336 e. The highest BCUT2D eigenvalue weighted by molar-refractivity contribution is 7.92. The van der Waals surface area contributed by atoms with Gasteiger partial charge >= 0.3 is 5.97 Å². The highest BCUT2D eigenvalue weighted by atomic mass is 35.5. The SMILES string of the molecule is Cc1c(C(=O)O)cc(Cl)cc1S(=O)(=O)C1CCOCC1. The number of hydrogen-bond acceptors (Lipinski definition) is 4. The van der Waals surface area contributed by atoms with Crippen LogP contribution >= 0.6 is 11.6 Å². The average molecular weight is 319 g/mol. The van der Waals surface area contributed by atoms with Gasteiger partial charge in [-0.3, -0.25) is 0 Å². The van der Waals surface area contributed by atoms with Gasteiger partial charge in [0.15, 0.2) is 9.84 Å². The molecule has 1 aromatic carbocycles. The van der Waals surface area contributed by atoms with E-state index in [1.807, 2.05) is 0 Å². The zero-order chi connectivity index (χ0) is 14.9. The van der Waals surface area contributed by atoms with Gasteiger partial charge in [-0.15, -0.1) is 0 Å². The zero-order valence-electron chi connectivity index (χ0n) is 10.9. The van der Waals surface area contributed by atoms with Crippen LogP contribution in [0.1, 0.15) is 28.8 Å². The molecule has 0 spiro atoms. The molecule has 0 amide bonds. The Morgan fingerprint density at radius 2 is 1.95 bits per heavy atom. The van der Waals surface area contributed by atoms with E-state index >= 15 is 0 Å². The molecule has 0 bridgehead atoms. The molecule has 0 saturated carbocycles. The van der Waals surface area contributed by atoms with E-state index in [2.05, 4.69) is 0 Å². The van der Waals surface area contributed by atoms with Crippen molar-refractivity contribution in [2.75, 3.05) is 13.2 Å². The van der Waals surface area contributed by atoms with Crippen LogP contribution in [-0.2, 0) is 14.6 Å². The fraction of sp³-hybridized carbons (Fsp3) is 0.462. The summed E-state index contributed by atoms with van der Waals surface area (Å²) in [5.74, 6) is -1.19. The maximum absolute atomic E-state index is 12.6. The Labute approximate surface area is 122 Å². The van der Waals surface area contributed by atoms with Gasteiger partial charge in [0.05, 0.1) is 15.7 Å². The van der Waals surface area contributed by atoms with Crippen molar-refractivity contribution in [2.24, 2.45) is 0 Å². The fourth-order valence-electron chi connectivity index (χ4n) is 2.34. The minimum absolute atomic E-state index is 0.00861. The number of sulfone groups is 1. The topological polar surface area (TPSA) is 80.7 Å². The van der Waals surface area contributed by atoms with E-state index in [0.717, 1.165) is 0 Å². The van der Waals surface area contributed by atoms with E-state index in [1.165, 1.54) is 19.1 Å². The first-order valence-electron chi connectivity index (χ1n) is 6.19. The molecule has 20 heavy (non-hydrogen) atoms. The molecular weight excluding hydrogens is 304 g/mol. The van der Waals surface area contributed by atoms with Gasteiger partial charge in [0.25, 0.3) is 0 Å². The van der Waals surface area contributed by atoms with Crippen molar-refractivity contribution in [3.8, 4) is 0 Å². The molecule has 1 aliphatic rings.